The topological polar surface area (TPSA) is 41.5 Å². The average Bonchev–Trinajstić information content (AvgIpc) is 2.45. The minimum Gasteiger partial charge on any atom is -0.504 e. The van der Waals surface area contributed by atoms with Gasteiger partial charge in [0.2, 0.25) is 0 Å². The fourth-order valence-corrected chi connectivity index (χ4v) is 2.41. The van der Waals surface area contributed by atoms with Crippen LogP contribution in [0.15, 0.2) is 30.3 Å². The lowest BCUT2D eigenvalue weighted by Gasteiger charge is -2.12. The number of ether oxygens (including phenoxy) is 1. The molecular formula is C15H14Cl3NO2. The molecule has 0 saturated carbocycles. The maximum Gasteiger partial charge on any atom is 0.161 e. The molecule has 2 N–H and O–H groups in total. The number of hydrogen-bond donors (Lipinski definition) is 2. The fourth-order valence-electron chi connectivity index (χ4n) is 1.79. The van der Waals surface area contributed by atoms with E-state index in [1.807, 2.05) is 6.92 Å². The normalized spacial score (nSPS) is 10.5. The third kappa shape index (κ3) is 4.10. The lowest BCUT2D eigenvalue weighted by Crippen LogP contribution is -2.01. The highest BCUT2D eigenvalue weighted by Gasteiger charge is 2.07. The Kier molecular flexibility index (Phi) is 5.45. The zero-order valence-corrected chi connectivity index (χ0v) is 13.6. The van der Waals surface area contributed by atoms with E-state index in [0.29, 0.717) is 39.7 Å². The predicted octanol–water partition coefficient (Wildman–Crippen LogP) is 5.36. The van der Waals surface area contributed by atoms with Crippen molar-refractivity contribution in [2.45, 2.75) is 13.5 Å². The summed E-state index contributed by atoms with van der Waals surface area (Å²) in [7, 11) is 0. The van der Waals surface area contributed by atoms with Gasteiger partial charge in [-0.3, -0.25) is 0 Å². The number of phenols is 1. The van der Waals surface area contributed by atoms with E-state index >= 15 is 0 Å². The van der Waals surface area contributed by atoms with Gasteiger partial charge in [-0.05, 0) is 36.8 Å². The van der Waals surface area contributed by atoms with E-state index in [2.05, 4.69) is 5.32 Å². The Balaban J connectivity index is 2.13. The van der Waals surface area contributed by atoms with Gasteiger partial charge in [-0.1, -0.05) is 40.9 Å². The summed E-state index contributed by atoms with van der Waals surface area (Å²) >= 11 is 18.0. The van der Waals surface area contributed by atoms with Crippen LogP contribution in [0, 0.1) is 0 Å². The van der Waals surface area contributed by atoms with Crippen LogP contribution in [0.3, 0.4) is 0 Å². The summed E-state index contributed by atoms with van der Waals surface area (Å²) in [5.41, 5.74) is 1.63. The monoisotopic (exact) mass is 345 g/mol. The fraction of sp³-hybridized carbons (Fsp3) is 0.200. The molecule has 0 saturated heterocycles. The van der Waals surface area contributed by atoms with E-state index in [1.165, 1.54) is 0 Å². The standard InChI is InChI=1S/C15H14Cl3NO2/c1-2-21-15-5-9(3-4-14(15)20)8-19-13-7-11(17)10(16)6-12(13)18/h3-7,19-20H,2,8H2,1H3. The van der Waals surface area contributed by atoms with Crippen molar-refractivity contribution in [1.29, 1.82) is 0 Å². The lowest BCUT2D eigenvalue weighted by molar-refractivity contribution is 0.318. The van der Waals surface area contributed by atoms with Gasteiger partial charge in [0.05, 0.1) is 27.4 Å². The highest BCUT2D eigenvalue weighted by Crippen LogP contribution is 2.33. The molecule has 0 aliphatic rings. The number of hydrogen-bond acceptors (Lipinski definition) is 3. The minimum absolute atomic E-state index is 0.119. The van der Waals surface area contributed by atoms with E-state index in [-0.39, 0.29) is 5.75 Å². The Morgan fingerprint density at radius 3 is 2.48 bits per heavy atom. The zero-order chi connectivity index (χ0) is 15.4. The summed E-state index contributed by atoms with van der Waals surface area (Å²) in [4.78, 5) is 0. The highest BCUT2D eigenvalue weighted by molar-refractivity contribution is 6.44. The molecule has 0 aliphatic heterocycles. The van der Waals surface area contributed by atoms with Gasteiger partial charge in [0.25, 0.3) is 0 Å². The highest BCUT2D eigenvalue weighted by atomic mass is 35.5. The second-order valence-corrected chi connectivity index (χ2v) is 5.56. The number of benzene rings is 2. The number of nitrogens with one attached hydrogen (secondary N) is 1. The molecular weight excluding hydrogens is 333 g/mol. The molecule has 0 bridgehead atoms. The summed E-state index contributed by atoms with van der Waals surface area (Å²) in [6.07, 6.45) is 0. The van der Waals surface area contributed by atoms with Crippen LogP contribution in [0.1, 0.15) is 12.5 Å². The van der Waals surface area contributed by atoms with Crippen LogP contribution in [0.5, 0.6) is 11.5 Å². The van der Waals surface area contributed by atoms with Crippen molar-refractivity contribution < 1.29 is 9.84 Å². The first-order valence-electron chi connectivity index (χ1n) is 6.34. The van der Waals surface area contributed by atoms with Gasteiger partial charge in [0.1, 0.15) is 0 Å². The van der Waals surface area contributed by atoms with Crippen molar-refractivity contribution in [3.63, 3.8) is 0 Å². The average molecular weight is 347 g/mol. The maximum atomic E-state index is 9.66. The molecule has 2 aromatic rings. The number of anilines is 1. The van der Waals surface area contributed by atoms with E-state index in [0.717, 1.165) is 5.56 Å². The van der Waals surface area contributed by atoms with Crippen LogP contribution in [-0.2, 0) is 6.54 Å². The molecule has 6 heteroatoms. The summed E-state index contributed by atoms with van der Waals surface area (Å²) in [5, 5.41) is 14.2. The Labute approximate surface area is 138 Å². The molecule has 0 amide bonds. The first kappa shape index (κ1) is 16.1. The quantitative estimate of drug-likeness (QED) is 0.716. The van der Waals surface area contributed by atoms with E-state index in [9.17, 15) is 5.11 Å². The van der Waals surface area contributed by atoms with Crippen molar-refractivity contribution >= 4 is 40.5 Å². The van der Waals surface area contributed by atoms with Gasteiger partial charge >= 0.3 is 0 Å². The maximum absolute atomic E-state index is 9.66. The molecule has 0 atom stereocenters. The molecule has 0 aliphatic carbocycles. The molecule has 0 aromatic heterocycles. The van der Waals surface area contributed by atoms with Gasteiger partial charge in [0.15, 0.2) is 11.5 Å². The van der Waals surface area contributed by atoms with Gasteiger partial charge in [0, 0.05) is 6.54 Å². The Morgan fingerprint density at radius 2 is 1.76 bits per heavy atom. The molecule has 0 heterocycles. The van der Waals surface area contributed by atoms with Crippen LogP contribution < -0.4 is 10.1 Å². The number of aromatic hydroxyl groups is 1. The van der Waals surface area contributed by atoms with E-state index in [1.54, 1.807) is 30.3 Å². The molecule has 0 radical (unpaired) electrons. The molecule has 0 unspecified atom stereocenters. The number of phenolic OH excluding ortho intramolecular Hbond substituents is 1. The summed E-state index contributed by atoms with van der Waals surface area (Å²) < 4.78 is 5.35. The summed E-state index contributed by atoms with van der Waals surface area (Å²) in [6.45, 7) is 2.86. The van der Waals surface area contributed by atoms with Gasteiger partial charge in [-0.15, -0.1) is 0 Å². The van der Waals surface area contributed by atoms with Crippen molar-refractivity contribution in [1.82, 2.24) is 0 Å². The Bertz CT molecular complexity index is 647. The SMILES string of the molecule is CCOc1cc(CNc2cc(Cl)c(Cl)cc2Cl)ccc1O. The van der Waals surface area contributed by atoms with Crippen molar-refractivity contribution in [2.24, 2.45) is 0 Å². The Morgan fingerprint density at radius 1 is 1.05 bits per heavy atom. The van der Waals surface area contributed by atoms with Gasteiger partial charge in [-0.2, -0.15) is 0 Å². The number of halogens is 3. The molecule has 0 fully saturated rings. The third-order valence-corrected chi connectivity index (χ3v) is 3.85. The van der Waals surface area contributed by atoms with Crippen LogP contribution in [-0.4, -0.2) is 11.7 Å². The second kappa shape index (κ2) is 7.12. The molecule has 21 heavy (non-hydrogen) atoms. The molecule has 2 aromatic carbocycles. The second-order valence-electron chi connectivity index (χ2n) is 4.33. The smallest absolute Gasteiger partial charge is 0.161 e. The third-order valence-electron chi connectivity index (χ3n) is 2.82. The van der Waals surface area contributed by atoms with Crippen LogP contribution in [0.2, 0.25) is 15.1 Å². The minimum atomic E-state index is 0.119. The molecule has 0 spiro atoms. The summed E-state index contributed by atoms with van der Waals surface area (Å²) in [5.74, 6) is 0.574. The number of rotatable bonds is 5. The van der Waals surface area contributed by atoms with Crippen LogP contribution in [0.4, 0.5) is 5.69 Å². The zero-order valence-electron chi connectivity index (χ0n) is 11.3. The van der Waals surface area contributed by atoms with Crippen molar-refractivity contribution in [2.75, 3.05) is 11.9 Å². The first-order valence-corrected chi connectivity index (χ1v) is 7.47. The molecule has 112 valence electrons. The largest absolute Gasteiger partial charge is 0.504 e. The molecule has 2 rings (SSSR count). The van der Waals surface area contributed by atoms with Crippen molar-refractivity contribution in [3.05, 3.63) is 51.0 Å². The van der Waals surface area contributed by atoms with Crippen molar-refractivity contribution in [3.8, 4) is 11.5 Å². The Hall–Kier alpha value is -1.29. The van der Waals surface area contributed by atoms with Gasteiger partial charge in [-0.25, -0.2) is 0 Å². The van der Waals surface area contributed by atoms with E-state index < -0.39 is 0 Å². The first-order chi connectivity index (χ1) is 10.0. The van der Waals surface area contributed by atoms with E-state index in [4.69, 9.17) is 39.5 Å². The lowest BCUT2D eigenvalue weighted by atomic mass is 10.2. The summed E-state index contributed by atoms with van der Waals surface area (Å²) in [6, 6.07) is 8.44. The predicted molar refractivity (Wildman–Crippen MR) is 88.1 cm³/mol. The van der Waals surface area contributed by atoms with Gasteiger partial charge < -0.3 is 15.2 Å². The van der Waals surface area contributed by atoms with Crippen LogP contribution in [0.25, 0.3) is 0 Å². The molecule has 3 nitrogen and oxygen atoms in total. The van der Waals surface area contributed by atoms with Crippen LogP contribution >= 0.6 is 34.8 Å².